The summed E-state index contributed by atoms with van der Waals surface area (Å²) in [6.07, 6.45) is 11.6. The summed E-state index contributed by atoms with van der Waals surface area (Å²) >= 11 is 0. The lowest BCUT2D eigenvalue weighted by Crippen LogP contribution is -2.12. The Kier molecular flexibility index (Phi) is 6.19. The Bertz CT molecular complexity index is 416. The van der Waals surface area contributed by atoms with Gasteiger partial charge in [0.05, 0.1) is 0 Å². The second kappa shape index (κ2) is 8.11. The van der Waals surface area contributed by atoms with E-state index in [2.05, 4.69) is 5.32 Å². The number of allylic oxidation sites excluding steroid dienone is 3. The Morgan fingerprint density at radius 3 is 2.71 bits per heavy atom. The molecular weight excluding hydrogens is 210 g/mol. The minimum Gasteiger partial charge on any atom is -0.329 e. The molecule has 0 spiro atoms. The molecule has 2 heteroatoms. The molecule has 0 fully saturated rings. The topological polar surface area (TPSA) is 29.1 Å². The molecule has 0 saturated carbocycles. The average molecular weight is 227 g/mol. The van der Waals surface area contributed by atoms with Crippen LogP contribution in [0, 0.1) is 0 Å². The number of rotatable bonds is 5. The van der Waals surface area contributed by atoms with Crippen LogP contribution in [0.15, 0.2) is 60.8 Å². The lowest BCUT2D eigenvalue weighted by Gasteiger charge is -1.93. The van der Waals surface area contributed by atoms with Crippen molar-refractivity contribution in [2.75, 3.05) is 0 Å². The lowest BCUT2D eigenvalue weighted by molar-refractivity contribution is -0.115. The number of carbonyl (C=O) groups excluding carboxylic acids is 1. The molecule has 0 unspecified atom stereocenters. The molecule has 0 aliphatic heterocycles. The van der Waals surface area contributed by atoms with Crippen molar-refractivity contribution in [2.45, 2.75) is 13.3 Å². The van der Waals surface area contributed by atoms with Gasteiger partial charge in [-0.05, 0) is 18.1 Å². The van der Waals surface area contributed by atoms with Crippen LogP contribution in [0.2, 0.25) is 0 Å². The highest BCUT2D eigenvalue weighted by molar-refractivity contribution is 5.88. The van der Waals surface area contributed by atoms with Gasteiger partial charge in [-0.3, -0.25) is 4.79 Å². The third kappa shape index (κ3) is 6.15. The molecule has 0 heterocycles. The molecule has 0 saturated heterocycles. The standard InChI is InChI=1S/C15H17NO/c1-2-3-4-8-11-15(17)16-13-12-14-9-6-5-7-10-14/h3-13H,2H2,1H3,(H,16,17)/b4-3+,11-8+,13-12+. The van der Waals surface area contributed by atoms with Crippen LogP contribution >= 0.6 is 0 Å². The molecule has 0 aromatic heterocycles. The minimum atomic E-state index is -0.127. The molecule has 1 aromatic rings. The molecule has 1 N–H and O–H groups in total. The Morgan fingerprint density at radius 2 is 2.00 bits per heavy atom. The Hall–Kier alpha value is -2.09. The summed E-state index contributed by atoms with van der Waals surface area (Å²) in [5, 5.41) is 2.67. The first kappa shape index (κ1) is 13.0. The molecule has 88 valence electrons. The molecule has 0 bridgehead atoms. The van der Waals surface area contributed by atoms with Crippen molar-refractivity contribution in [2.24, 2.45) is 0 Å². The van der Waals surface area contributed by atoms with Crippen molar-refractivity contribution in [1.29, 1.82) is 0 Å². The van der Waals surface area contributed by atoms with E-state index in [-0.39, 0.29) is 5.91 Å². The first-order chi connectivity index (χ1) is 8.33. The van der Waals surface area contributed by atoms with E-state index in [0.717, 1.165) is 12.0 Å². The lowest BCUT2D eigenvalue weighted by atomic mass is 10.2. The third-order valence-electron chi connectivity index (χ3n) is 2.03. The summed E-state index contributed by atoms with van der Waals surface area (Å²) in [6, 6.07) is 9.82. The van der Waals surface area contributed by atoms with Crippen molar-refractivity contribution in [3.63, 3.8) is 0 Å². The van der Waals surface area contributed by atoms with E-state index in [1.807, 2.05) is 55.5 Å². The molecule has 1 aromatic carbocycles. The maximum Gasteiger partial charge on any atom is 0.247 e. The molecule has 1 rings (SSSR count). The minimum absolute atomic E-state index is 0.127. The van der Waals surface area contributed by atoms with Crippen molar-refractivity contribution in [1.82, 2.24) is 5.32 Å². The largest absolute Gasteiger partial charge is 0.329 e. The Balaban J connectivity index is 2.36. The number of nitrogens with one attached hydrogen (secondary N) is 1. The van der Waals surface area contributed by atoms with Crippen LogP contribution in [0.5, 0.6) is 0 Å². The van der Waals surface area contributed by atoms with Gasteiger partial charge in [0.1, 0.15) is 0 Å². The van der Waals surface area contributed by atoms with E-state index in [0.29, 0.717) is 0 Å². The van der Waals surface area contributed by atoms with Crippen LogP contribution in [-0.2, 0) is 4.79 Å². The first-order valence-corrected chi connectivity index (χ1v) is 5.68. The quantitative estimate of drug-likeness (QED) is 0.607. The zero-order valence-corrected chi connectivity index (χ0v) is 9.97. The highest BCUT2D eigenvalue weighted by Gasteiger charge is 1.88. The highest BCUT2D eigenvalue weighted by atomic mass is 16.1. The summed E-state index contributed by atoms with van der Waals surface area (Å²) in [7, 11) is 0. The summed E-state index contributed by atoms with van der Waals surface area (Å²) in [5.74, 6) is -0.127. The Labute approximate surface area is 102 Å². The zero-order valence-electron chi connectivity index (χ0n) is 9.97. The molecule has 17 heavy (non-hydrogen) atoms. The molecular formula is C15H17NO. The third-order valence-corrected chi connectivity index (χ3v) is 2.03. The van der Waals surface area contributed by atoms with Gasteiger partial charge < -0.3 is 5.32 Å². The van der Waals surface area contributed by atoms with Crippen LogP contribution in [0.4, 0.5) is 0 Å². The van der Waals surface area contributed by atoms with Gasteiger partial charge in [0.2, 0.25) is 5.91 Å². The van der Waals surface area contributed by atoms with Gasteiger partial charge in [0, 0.05) is 12.3 Å². The zero-order chi connectivity index (χ0) is 12.3. The van der Waals surface area contributed by atoms with Crippen molar-refractivity contribution in [3.8, 4) is 0 Å². The van der Waals surface area contributed by atoms with Gasteiger partial charge in [-0.15, -0.1) is 0 Å². The maximum absolute atomic E-state index is 11.3. The van der Waals surface area contributed by atoms with Crippen LogP contribution in [0.3, 0.4) is 0 Å². The van der Waals surface area contributed by atoms with E-state index >= 15 is 0 Å². The molecule has 0 aliphatic carbocycles. The monoisotopic (exact) mass is 227 g/mol. The molecule has 1 amide bonds. The smallest absolute Gasteiger partial charge is 0.247 e. The van der Waals surface area contributed by atoms with Crippen LogP contribution < -0.4 is 5.32 Å². The normalized spacial score (nSPS) is 11.6. The number of hydrogen-bond acceptors (Lipinski definition) is 1. The second-order valence-electron chi connectivity index (χ2n) is 3.45. The van der Waals surface area contributed by atoms with Gasteiger partial charge in [-0.1, -0.05) is 55.5 Å². The fraction of sp³-hybridized carbons (Fsp3) is 0.133. The second-order valence-corrected chi connectivity index (χ2v) is 3.45. The van der Waals surface area contributed by atoms with Crippen LogP contribution in [-0.4, -0.2) is 5.91 Å². The SMILES string of the molecule is CC/C=C/C=C/C(=O)N/C=C/c1ccccc1. The Morgan fingerprint density at radius 1 is 1.24 bits per heavy atom. The van der Waals surface area contributed by atoms with Gasteiger partial charge >= 0.3 is 0 Å². The predicted molar refractivity (Wildman–Crippen MR) is 72.2 cm³/mol. The van der Waals surface area contributed by atoms with Crippen LogP contribution in [0.1, 0.15) is 18.9 Å². The average Bonchev–Trinajstić information content (AvgIpc) is 2.36. The van der Waals surface area contributed by atoms with Crippen molar-refractivity contribution >= 4 is 12.0 Å². The van der Waals surface area contributed by atoms with E-state index in [9.17, 15) is 4.79 Å². The summed E-state index contributed by atoms with van der Waals surface area (Å²) < 4.78 is 0. The van der Waals surface area contributed by atoms with Gasteiger partial charge in [0.15, 0.2) is 0 Å². The van der Waals surface area contributed by atoms with Gasteiger partial charge in [-0.2, -0.15) is 0 Å². The first-order valence-electron chi connectivity index (χ1n) is 5.68. The van der Waals surface area contributed by atoms with Gasteiger partial charge in [0.25, 0.3) is 0 Å². The van der Waals surface area contributed by atoms with E-state index in [1.54, 1.807) is 12.3 Å². The fourth-order valence-corrected chi connectivity index (χ4v) is 1.19. The number of carbonyl (C=O) groups is 1. The van der Waals surface area contributed by atoms with E-state index in [4.69, 9.17) is 0 Å². The molecule has 0 aliphatic rings. The highest BCUT2D eigenvalue weighted by Crippen LogP contribution is 1.99. The van der Waals surface area contributed by atoms with E-state index in [1.165, 1.54) is 6.08 Å². The summed E-state index contributed by atoms with van der Waals surface area (Å²) in [5.41, 5.74) is 1.06. The summed E-state index contributed by atoms with van der Waals surface area (Å²) in [6.45, 7) is 2.05. The maximum atomic E-state index is 11.3. The molecule has 2 nitrogen and oxygen atoms in total. The number of hydrogen-bond donors (Lipinski definition) is 1. The number of amides is 1. The van der Waals surface area contributed by atoms with Crippen molar-refractivity contribution < 1.29 is 4.79 Å². The van der Waals surface area contributed by atoms with Gasteiger partial charge in [-0.25, -0.2) is 0 Å². The molecule has 0 radical (unpaired) electrons. The van der Waals surface area contributed by atoms with Crippen LogP contribution in [0.25, 0.3) is 6.08 Å². The summed E-state index contributed by atoms with van der Waals surface area (Å²) in [4.78, 5) is 11.3. The van der Waals surface area contributed by atoms with Crippen molar-refractivity contribution in [3.05, 3.63) is 66.4 Å². The van der Waals surface area contributed by atoms with E-state index < -0.39 is 0 Å². The number of benzene rings is 1. The predicted octanol–water partition coefficient (Wildman–Crippen LogP) is 3.30. The molecule has 0 atom stereocenters. The fourth-order valence-electron chi connectivity index (χ4n) is 1.19.